The molecule has 0 aliphatic heterocycles. The summed E-state index contributed by atoms with van der Waals surface area (Å²) in [4.78, 5) is 4.33. The Bertz CT molecular complexity index is 442. The van der Waals surface area contributed by atoms with Crippen LogP contribution < -0.4 is 0 Å². The lowest BCUT2D eigenvalue weighted by Crippen LogP contribution is -1.85. The predicted octanol–water partition coefficient (Wildman–Crippen LogP) is 3.43. The molecule has 0 bridgehead atoms. The van der Waals surface area contributed by atoms with Crippen LogP contribution in [-0.2, 0) is 5.75 Å². The molecule has 0 saturated carbocycles. The Morgan fingerprint density at radius 3 is 2.92 bits per heavy atom. The first kappa shape index (κ1) is 9.03. The maximum absolute atomic E-state index is 4.33. The van der Waals surface area contributed by atoms with E-state index in [1.807, 2.05) is 24.4 Å². The van der Waals surface area contributed by atoms with E-state index < -0.39 is 0 Å². The van der Waals surface area contributed by atoms with Gasteiger partial charge in [0, 0.05) is 21.8 Å². The van der Waals surface area contributed by atoms with Crippen molar-refractivity contribution in [2.24, 2.45) is 0 Å². The van der Waals surface area contributed by atoms with Gasteiger partial charge in [0.1, 0.15) is 0 Å². The molecule has 0 aliphatic carbocycles. The lowest BCUT2D eigenvalue weighted by molar-refractivity contribution is 1.35. The van der Waals surface area contributed by atoms with Gasteiger partial charge in [0.2, 0.25) is 0 Å². The van der Waals surface area contributed by atoms with Crippen LogP contribution in [-0.4, -0.2) is 4.98 Å². The summed E-state index contributed by atoms with van der Waals surface area (Å²) in [5, 5.41) is 1.15. The fourth-order valence-electron chi connectivity index (χ4n) is 1.32. The van der Waals surface area contributed by atoms with Crippen LogP contribution in [0.5, 0.6) is 0 Å². The lowest BCUT2D eigenvalue weighted by Gasteiger charge is -2.03. The Hall–Kier alpha value is -0.540. The Morgan fingerprint density at radius 2 is 2.15 bits per heavy atom. The van der Waals surface area contributed by atoms with E-state index in [1.54, 1.807) is 0 Å². The fourth-order valence-corrected chi connectivity index (χ4v) is 2.03. The van der Waals surface area contributed by atoms with Crippen molar-refractivity contribution >= 4 is 39.5 Å². The zero-order valence-electron chi connectivity index (χ0n) is 6.87. The van der Waals surface area contributed by atoms with E-state index in [-0.39, 0.29) is 0 Å². The summed E-state index contributed by atoms with van der Waals surface area (Å²) in [5.41, 5.74) is 2.20. The molecule has 0 N–H and O–H groups in total. The molecule has 66 valence electrons. The van der Waals surface area contributed by atoms with Gasteiger partial charge in [-0.25, -0.2) is 0 Å². The highest BCUT2D eigenvalue weighted by atomic mass is 79.9. The molecule has 2 rings (SSSR count). The number of fused-ring (bicyclic) bond motifs is 1. The van der Waals surface area contributed by atoms with Gasteiger partial charge in [-0.15, -0.1) is 0 Å². The topological polar surface area (TPSA) is 12.9 Å². The summed E-state index contributed by atoms with van der Waals surface area (Å²) in [7, 11) is 0. The number of hydrogen-bond donors (Lipinski definition) is 1. The smallest absolute Gasteiger partial charge is 0.0753 e. The summed E-state index contributed by atoms with van der Waals surface area (Å²) in [6.45, 7) is 0. The Labute approximate surface area is 90.7 Å². The van der Waals surface area contributed by atoms with E-state index in [4.69, 9.17) is 0 Å². The Kier molecular flexibility index (Phi) is 2.56. The molecule has 0 spiro atoms. The first-order chi connectivity index (χ1) is 6.33. The minimum Gasteiger partial charge on any atom is -0.256 e. The summed E-state index contributed by atoms with van der Waals surface area (Å²) in [6.07, 6.45) is 1.81. The molecule has 0 fully saturated rings. The maximum Gasteiger partial charge on any atom is 0.0753 e. The van der Waals surface area contributed by atoms with Crippen molar-refractivity contribution in [1.29, 1.82) is 0 Å². The molecule has 13 heavy (non-hydrogen) atoms. The van der Waals surface area contributed by atoms with Gasteiger partial charge in [0.15, 0.2) is 0 Å². The average Bonchev–Trinajstić information content (AvgIpc) is 2.19. The van der Waals surface area contributed by atoms with Gasteiger partial charge in [0.05, 0.1) is 5.52 Å². The summed E-state index contributed by atoms with van der Waals surface area (Å²) in [5.74, 6) is 0.723. The van der Waals surface area contributed by atoms with Crippen LogP contribution >= 0.6 is 28.6 Å². The minimum atomic E-state index is 0.723. The number of hydrogen-bond acceptors (Lipinski definition) is 2. The Balaban J connectivity index is 2.84. The van der Waals surface area contributed by atoms with E-state index in [2.05, 4.69) is 39.6 Å². The van der Waals surface area contributed by atoms with Gasteiger partial charge in [-0.3, -0.25) is 4.98 Å². The largest absolute Gasteiger partial charge is 0.256 e. The molecule has 0 amide bonds. The van der Waals surface area contributed by atoms with Crippen LogP contribution in [0.3, 0.4) is 0 Å². The van der Waals surface area contributed by atoms with Gasteiger partial charge in [0.25, 0.3) is 0 Å². The van der Waals surface area contributed by atoms with E-state index >= 15 is 0 Å². The van der Waals surface area contributed by atoms with Crippen LogP contribution in [0, 0.1) is 0 Å². The van der Waals surface area contributed by atoms with Crippen molar-refractivity contribution < 1.29 is 0 Å². The van der Waals surface area contributed by atoms with Crippen LogP contribution in [0.1, 0.15) is 5.56 Å². The monoisotopic (exact) mass is 253 g/mol. The molecule has 0 radical (unpaired) electrons. The first-order valence-electron chi connectivity index (χ1n) is 3.96. The summed E-state index contributed by atoms with van der Waals surface area (Å²) in [6, 6.07) is 8.08. The molecule has 0 saturated heterocycles. The number of nitrogens with zero attached hydrogens (tertiary/aromatic N) is 1. The maximum atomic E-state index is 4.33. The minimum absolute atomic E-state index is 0.723. The second-order valence-corrected chi connectivity index (χ2v) is 3.93. The highest BCUT2D eigenvalue weighted by molar-refractivity contribution is 9.10. The third-order valence-electron chi connectivity index (χ3n) is 1.97. The van der Waals surface area contributed by atoms with Crippen LogP contribution in [0.25, 0.3) is 10.9 Å². The zero-order valence-corrected chi connectivity index (χ0v) is 9.35. The zero-order chi connectivity index (χ0) is 9.26. The molecule has 2 aromatic rings. The van der Waals surface area contributed by atoms with E-state index in [0.717, 1.165) is 21.1 Å². The van der Waals surface area contributed by atoms with Gasteiger partial charge >= 0.3 is 0 Å². The molecule has 0 aliphatic rings. The highest BCUT2D eigenvalue weighted by Crippen LogP contribution is 2.25. The molecule has 0 unspecified atom stereocenters. The van der Waals surface area contributed by atoms with Gasteiger partial charge in [-0.2, -0.15) is 12.6 Å². The highest BCUT2D eigenvalue weighted by Gasteiger charge is 2.02. The van der Waals surface area contributed by atoms with Gasteiger partial charge in [-0.1, -0.05) is 28.1 Å². The van der Waals surface area contributed by atoms with Crippen molar-refractivity contribution in [1.82, 2.24) is 4.98 Å². The molecule has 1 aromatic heterocycles. The van der Waals surface area contributed by atoms with Gasteiger partial charge < -0.3 is 0 Å². The van der Waals surface area contributed by atoms with Gasteiger partial charge in [-0.05, 0) is 17.7 Å². The summed E-state index contributed by atoms with van der Waals surface area (Å²) < 4.78 is 1.08. The normalized spacial score (nSPS) is 10.6. The van der Waals surface area contributed by atoms with Crippen LogP contribution in [0.2, 0.25) is 0 Å². The fraction of sp³-hybridized carbons (Fsp3) is 0.100. The van der Waals surface area contributed by atoms with Crippen molar-refractivity contribution in [2.75, 3.05) is 0 Å². The van der Waals surface area contributed by atoms with Crippen molar-refractivity contribution in [2.45, 2.75) is 5.75 Å². The standard InChI is InChI=1S/C10H8BrNS/c11-9-4-3-7(6-13)10-8(9)2-1-5-12-10/h1-5,13H,6H2. The number of halogens is 1. The molecular formula is C10H8BrNS. The second-order valence-electron chi connectivity index (χ2n) is 2.76. The van der Waals surface area contributed by atoms with E-state index in [0.29, 0.717) is 0 Å². The molecule has 3 heteroatoms. The Morgan fingerprint density at radius 1 is 1.31 bits per heavy atom. The van der Waals surface area contributed by atoms with Crippen LogP contribution in [0.15, 0.2) is 34.9 Å². The molecule has 1 heterocycles. The van der Waals surface area contributed by atoms with Crippen LogP contribution in [0.4, 0.5) is 0 Å². The van der Waals surface area contributed by atoms with Crippen molar-refractivity contribution in [3.8, 4) is 0 Å². The number of thiol groups is 1. The molecule has 1 aromatic carbocycles. The third-order valence-corrected chi connectivity index (χ3v) is 3.00. The second kappa shape index (κ2) is 3.68. The summed E-state index contributed by atoms with van der Waals surface area (Å²) >= 11 is 7.76. The SMILES string of the molecule is SCc1ccc(Br)c2cccnc12. The first-order valence-corrected chi connectivity index (χ1v) is 5.38. The predicted molar refractivity (Wildman–Crippen MR) is 62.1 cm³/mol. The number of pyridine rings is 1. The lowest BCUT2D eigenvalue weighted by atomic mass is 10.1. The van der Waals surface area contributed by atoms with E-state index in [1.165, 1.54) is 5.56 Å². The molecule has 1 nitrogen and oxygen atoms in total. The molecule has 0 atom stereocenters. The van der Waals surface area contributed by atoms with Crippen molar-refractivity contribution in [3.05, 3.63) is 40.5 Å². The molecular weight excluding hydrogens is 246 g/mol. The number of aromatic nitrogens is 1. The van der Waals surface area contributed by atoms with Crippen molar-refractivity contribution in [3.63, 3.8) is 0 Å². The number of rotatable bonds is 1. The quantitative estimate of drug-likeness (QED) is 0.769. The third kappa shape index (κ3) is 1.58. The average molecular weight is 254 g/mol. The number of benzene rings is 1. The van der Waals surface area contributed by atoms with E-state index in [9.17, 15) is 0 Å².